The van der Waals surface area contributed by atoms with Crippen LogP contribution in [0.4, 0.5) is 39.8 Å². The Hall–Kier alpha value is -6.20. The molecule has 1 N–H and O–H groups in total. The minimum absolute atomic E-state index is 0.00777. The summed E-state index contributed by atoms with van der Waals surface area (Å²) in [5.74, 6) is 0. The molecule has 5 heteroatoms. The third-order valence-corrected chi connectivity index (χ3v) is 20.4. The smallest absolute Gasteiger partial charge is 0.252 e. The van der Waals surface area contributed by atoms with Gasteiger partial charge < -0.3 is 19.5 Å². The van der Waals surface area contributed by atoms with Crippen LogP contribution in [0.3, 0.4) is 0 Å². The molecule has 3 aliphatic heterocycles. The Balaban J connectivity index is 1.10. The first-order chi connectivity index (χ1) is 35.4. The van der Waals surface area contributed by atoms with E-state index in [-0.39, 0.29) is 44.7 Å². The fourth-order valence-electron chi connectivity index (χ4n) is 16.7. The minimum Gasteiger partial charge on any atom is -0.454 e. The Morgan fingerprint density at radius 1 is 0.507 bits per heavy atom. The summed E-state index contributed by atoms with van der Waals surface area (Å²) in [6.07, 6.45) is 8.14. The van der Waals surface area contributed by atoms with Crippen LogP contribution in [0.15, 0.2) is 120 Å². The van der Waals surface area contributed by atoms with E-state index >= 15 is 0 Å². The van der Waals surface area contributed by atoms with E-state index in [2.05, 4.69) is 227 Å². The quantitative estimate of drug-likeness (QED) is 0.179. The largest absolute Gasteiger partial charge is 0.454 e. The average Bonchev–Trinajstić information content (AvgIpc) is 3.97. The van der Waals surface area contributed by atoms with Crippen LogP contribution in [-0.4, -0.2) is 6.71 Å². The highest BCUT2D eigenvalue weighted by Gasteiger charge is 2.57. The van der Waals surface area contributed by atoms with Gasteiger partial charge >= 0.3 is 0 Å². The lowest BCUT2D eigenvalue weighted by atomic mass is 9.33. The molecule has 0 bridgehead atoms. The van der Waals surface area contributed by atoms with Crippen LogP contribution >= 0.6 is 0 Å². The summed E-state index contributed by atoms with van der Waals surface area (Å²) in [7, 11) is 0. The standard InChI is InChI=1S/C70H76BN3O/c1-41-33-59-61-60(34-41)74(56-38-50-48(35-42(56)2)65(6,7)31-32-66(50,8)9)58-39-51-49(67(10,11)40-68(51,12)13)37-53(58)71(61)52-28-27-43(70-30-18-17-29-69(70,14)46-23-15-16-25-54(46)72-70)36-57(52)73(59)55-26-20-22-45-44-21-19-24-47(64(3,4)5)62(44)75-63(45)55/h15-16,19-28,33-39,72H,17-18,29-32,40H2,1-14H3. The summed E-state index contributed by atoms with van der Waals surface area (Å²) in [5.41, 5.74) is 27.3. The lowest BCUT2D eigenvalue weighted by Gasteiger charge is -2.49. The van der Waals surface area contributed by atoms with Crippen LogP contribution in [0.1, 0.15) is 178 Å². The molecule has 7 aromatic carbocycles. The Bertz CT molecular complexity index is 3800. The molecule has 6 aliphatic rings. The summed E-state index contributed by atoms with van der Waals surface area (Å²) in [6, 6.07) is 46.1. The van der Waals surface area contributed by atoms with Crippen LogP contribution in [0, 0.1) is 13.8 Å². The summed E-state index contributed by atoms with van der Waals surface area (Å²) in [6.45, 7) is 34.0. The number of fused-ring (bicyclic) bond motifs is 12. The number of benzene rings is 7. The SMILES string of the molecule is Cc1cc2c3c(c1)N(c1cccc4c1oc1c(C(C)(C)C)cccc14)c1cc(C45CCCCC4(C)c4ccccc4N5)ccc1B3c1cc3c(cc1N2c1cc2c(cc1C)C(C)(C)CCC2(C)C)C(C)(C)CC3(C)C. The Morgan fingerprint density at radius 3 is 1.83 bits per heavy atom. The molecule has 0 saturated heterocycles. The van der Waals surface area contributed by atoms with Gasteiger partial charge in [0.15, 0.2) is 5.58 Å². The molecular weight excluding hydrogens is 910 g/mol. The van der Waals surface area contributed by atoms with E-state index < -0.39 is 0 Å². The van der Waals surface area contributed by atoms with Gasteiger partial charge in [-0.1, -0.05) is 169 Å². The third-order valence-electron chi connectivity index (χ3n) is 20.4. The fraction of sp³-hybridized carbons (Fsp3) is 0.400. The van der Waals surface area contributed by atoms with Crippen molar-refractivity contribution < 1.29 is 4.42 Å². The predicted octanol–water partition coefficient (Wildman–Crippen LogP) is 17.0. The number of rotatable bonds is 3. The molecule has 8 aromatic rings. The molecule has 1 saturated carbocycles. The molecule has 0 spiro atoms. The van der Waals surface area contributed by atoms with Crippen molar-refractivity contribution in [2.75, 3.05) is 15.1 Å². The molecule has 2 unspecified atom stereocenters. The number of hydrogen-bond acceptors (Lipinski definition) is 4. The van der Waals surface area contributed by atoms with E-state index in [0.29, 0.717) is 0 Å². The van der Waals surface area contributed by atoms with E-state index in [1.807, 2.05) is 0 Å². The molecular formula is C70H76BN3O. The van der Waals surface area contributed by atoms with E-state index in [0.717, 1.165) is 41.5 Å². The fourth-order valence-corrected chi connectivity index (χ4v) is 16.7. The number of nitrogens with zero attached hydrogens (tertiary/aromatic N) is 2. The van der Waals surface area contributed by atoms with Gasteiger partial charge in [0.05, 0.1) is 11.2 Å². The summed E-state index contributed by atoms with van der Waals surface area (Å²) in [4.78, 5) is 5.38. The van der Waals surface area contributed by atoms with Gasteiger partial charge in [-0.3, -0.25) is 0 Å². The second-order valence-corrected chi connectivity index (χ2v) is 28.3. The van der Waals surface area contributed by atoms with Crippen molar-refractivity contribution in [1.82, 2.24) is 0 Å². The lowest BCUT2D eigenvalue weighted by Crippen LogP contribution is -2.62. The first-order valence-corrected chi connectivity index (χ1v) is 28.5. The number of furan rings is 1. The Labute approximate surface area is 447 Å². The second kappa shape index (κ2) is 15.0. The first-order valence-electron chi connectivity index (χ1n) is 28.5. The zero-order valence-electron chi connectivity index (χ0n) is 47.3. The van der Waals surface area contributed by atoms with Crippen LogP contribution in [0.2, 0.25) is 0 Å². The number of anilines is 7. The van der Waals surface area contributed by atoms with Gasteiger partial charge in [0.1, 0.15) is 5.58 Å². The summed E-state index contributed by atoms with van der Waals surface area (Å²) in [5, 5.41) is 6.62. The number of para-hydroxylation sites is 3. The van der Waals surface area contributed by atoms with Crippen molar-refractivity contribution in [1.29, 1.82) is 0 Å². The molecule has 4 heterocycles. The predicted molar refractivity (Wildman–Crippen MR) is 319 cm³/mol. The minimum atomic E-state index is -0.259. The van der Waals surface area contributed by atoms with Gasteiger partial charge in [-0.2, -0.15) is 0 Å². The molecule has 380 valence electrons. The van der Waals surface area contributed by atoms with Crippen molar-refractivity contribution in [2.24, 2.45) is 0 Å². The molecule has 75 heavy (non-hydrogen) atoms. The second-order valence-electron chi connectivity index (χ2n) is 28.3. The average molecular weight is 986 g/mol. The Kier molecular flexibility index (Phi) is 9.48. The highest BCUT2D eigenvalue weighted by molar-refractivity contribution is 7.00. The number of hydrogen-bond donors (Lipinski definition) is 1. The van der Waals surface area contributed by atoms with Gasteiger partial charge in [0.2, 0.25) is 0 Å². The van der Waals surface area contributed by atoms with Crippen molar-refractivity contribution in [3.8, 4) is 0 Å². The zero-order valence-corrected chi connectivity index (χ0v) is 47.3. The normalized spacial score (nSPS) is 23.0. The molecule has 14 rings (SSSR count). The van der Waals surface area contributed by atoms with Gasteiger partial charge in [0.25, 0.3) is 6.71 Å². The maximum Gasteiger partial charge on any atom is 0.252 e. The van der Waals surface area contributed by atoms with Crippen LogP contribution in [-0.2, 0) is 38.0 Å². The monoisotopic (exact) mass is 986 g/mol. The van der Waals surface area contributed by atoms with Crippen molar-refractivity contribution in [3.05, 3.63) is 165 Å². The zero-order chi connectivity index (χ0) is 52.3. The summed E-state index contributed by atoms with van der Waals surface area (Å²) >= 11 is 0. The van der Waals surface area contributed by atoms with Crippen molar-refractivity contribution in [3.63, 3.8) is 0 Å². The molecule has 3 aliphatic carbocycles. The topological polar surface area (TPSA) is 31.7 Å². The Morgan fingerprint density at radius 2 is 1.11 bits per heavy atom. The molecule has 0 radical (unpaired) electrons. The molecule has 1 aromatic heterocycles. The highest BCUT2D eigenvalue weighted by Crippen LogP contribution is 2.61. The van der Waals surface area contributed by atoms with Gasteiger partial charge in [-0.15, -0.1) is 0 Å². The van der Waals surface area contributed by atoms with Gasteiger partial charge in [0, 0.05) is 55.9 Å². The highest BCUT2D eigenvalue weighted by atomic mass is 16.3. The van der Waals surface area contributed by atoms with Crippen LogP contribution in [0.5, 0.6) is 0 Å². The lowest BCUT2D eigenvalue weighted by molar-refractivity contribution is 0.196. The van der Waals surface area contributed by atoms with Crippen LogP contribution < -0.4 is 31.5 Å². The van der Waals surface area contributed by atoms with E-state index in [4.69, 9.17) is 4.42 Å². The van der Waals surface area contributed by atoms with Crippen LogP contribution in [0.25, 0.3) is 21.9 Å². The van der Waals surface area contributed by atoms with Gasteiger partial charge in [-0.05, 0) is 176 Å². The molecule has 0 amide bonds. The van der Waals surface area contributed by atoms with E-state index in [1.165, 1.54) is 132 Å². The van der Waals surface area contributed by atoms with Crippen molar-refractivity contribution >= 4 is 84.9 Å². The first kappa shape index (κ1) is 47.3. The molecule has 2 atom stereocenters. The maximum atomic E-state index is 7.40. The molecule has 4 nitrogen and oxygen atoms in total. The molecule has 1 fully saturated rings. The third kappa shape index (κ3) is 6.30. The van der Waals surface area contributed by atoms with Crippen molar-refractivity contribution in [2.45, 2.75) is 180 Å². The van der Waals surface area contributed by atoms with E-state index in [1.54, 1.807) is 0 Å². The van der Waals surface area contributed by atoms with Gasteiger partial charge in [-0.25, -0.2) is 0 Å². The maximum absolute atomic E-state index is 7.40. The number of nitrogens with one attached hydrogen (secondary N) is 1. The summed E-state index contributed by atoms with van der Waals surface area (Å²) < 4.78 is 7.40. The van der Waals surface area contributed by atoms with E-state index in [9.17, 15) is 0 Å². The number of aryl methyl sites for hydroxylation is 2.